The van der Waals surface area contributed by atoms with Gasteiger partial charge in [0.1, 0.15) is 11.9 Å². The Balaban J connectivity index is 1.59. The van der Waals surface area contributed by atoms with Gasteiger partial charge < -0.3 is 15.1 Å². The van der Waals surface area contributed by atoms with Crippen LogP contribution in [0.2, 0.25) is 0 Å². The fourth-order valence-electron chi connectivity index (χ4n) is 3.84. The average Bonchev–Trinajstić information content (AvgIpc) is 3.00. The van der Waals surface area contributed by atoms with E-state index in [9.17, 15) is 14.0 Å². The number of rotatable bonds is 7. The van der Waals surface area contributed by atoms with Crippen molar-refractivity contribution >= 4 is 17.5 Å². The number of benzene rings is 2. The van der Waals surface area contributed by atoms with Crippen molar-refractivity contribution in [2.45, 2.75) is 38.6 Å². The number of halogens is 1. The Bertz CT molecular complexity index is 826. The van der Waals surface area contributed by atoms with Crippen LogP contribution >= 0.6 is 0 Å². The van der Waals surface area contributed by atoms with Crippen molar-refractivity contribution in [3.63, 3.8) is 0 Å². The molecular formula is C24H30FN3O2. The van der Waals surface area contributed by atoms with Gasteiger partial charge >= 0.3 is 0 Å². The zero-order valence-electron chi connectivity index (χ0n) is 17.5. The van der Waals surface area contributed by atoms with Gasteiger partial charge in [-0.25, -0.2) is 4.39 Å². The zero-order chi connectivity index (χ0) is 21.3. The summed E-state index contributed by atoms with van der Waals surface area (Å²) in [4.78, 5) is 29.7. The topological polar surface area (TPSA) is 52.7 Å². The van der Waals surface area contributed by atoms with E-state index in [0.29, 0.717) is 26.1 Å². The molecule has 2 aromatic carbocycles. The van der Waals surface area contributed by atoms with E-state index in [1.54, 1.807) is 12.1 Å². The molecular weight excluding hydrogens is 381 g/mol. The summed E-state index contributed by atoms with van der Waals surface area (Å²) >= 11 is 0. The smallest absolute Gasteiger partial charge is 0.245 e. The first-order chi connectivity index (χ1) is 14.6. The van der Waals surface area contributed by atoms with Crippen LogP contribution in [0.5, 0.6) is 0 Å². The summed E-state index contributed by atoms with van der Waals surface area (Å²) in [5.41, 5.74) is 1.90. The third-order valence-corrected chi connectivity index (χ3v) is 5.42. The Hall–Kier alpha value is -2.89. The summed E-state index contributed by atoms with van der Waals surface area (Å²) in [5, 5.41) is 2.95. The largest absolute Gasteiger partial charge is 0.370 e. The lowest BCUT2D eigenvalue weighted by molar-refractivity contribution is -0.136. The molecule has 2 amide bonds. The number of hydrogen-bond acceptors (Lipinski definition) is 3. The molecule has 1 saturated heterocycles. The van der Waals surface area contributed by atoms with Gasteiger partial charge in [-0.3, -0.25) is 9.59 Å². The second-order valence-corrected chi connectivity index (χ2v) is 7.71. The SMILES string of the molecule is CCCC(NC(=O)Cc1ccccc1)C(=O)N1CCCN(c2ccc(F)cc2)CC1. The van der Waals surface area contributed by atoms with Crippen molar-refractivity contribution in [1.82, 2.24) is 10.2 Å². The molecule has 1 aliphatic heterocycles. The summed E-state index contributed by atoms with van der Waals surface area (Å²) in [6.45, 7) is 4.76. The lowest BCUT2D eigenvalue weighted by Crippen LogP contribution is -2.49. The molecule has 0 saturated carbocycles. The lowest BCUT2D eigenvalue weighted by Gasteiger charge is -2.27. The molecule has 1 fully saturated rings. The van der Waals surface area contributed by atoms with Crippen molar-refractivity contribution in [1.29, 1.82) is 0 Å². The van der Waals surface area contributed by atoms with Gasteiger partial charge in [-0.1, -0.05) is 43.7 Å². The molecule has 160 valence electrons. The normalized spacial score (nSPS) is 15.4. The third kappa shape index (κ3) is 6.05. The van der Waals surface area contributed by atoms with Gasteiger partial charge in [0.15, 0.2) is 0 Å². The van der Waals surface area contributed by atoms with Gasteiger partial charge in [0.2, 0.25) is 11.8 Å². The van der Waals surface area contributed by atoms with Gasteiger partial charge in [-0.15, -0.1) is 0 Å². The maximum Gasteiger partial charge on any atom is 0.245 e. The van der Waals surface area contributed by atoms with Gasteiger partial charge in [-0.05, 0) is 42.7 Å². The Labute approximate surface area is 177 Å². The highest BCUT2D eigenvalue weighted by atomic mass is 19.1. The molecule has 0 aromatic heterocycles. The lowest BCUT2D eigenvalue weighted by atomic mass is 10.1. The summed E-state index contributed by atoms with van der Waals surface area (Å²) in [5.74, 6) is -0.394. The highest BCUT2D eigenvalue weighted by Gasteiger charge is 2.27. The molecule has 0 bridgehead atoms. The number of anilines is 1. The molecule has 1 heterocycles. The van der Waals surface area contributed by atoms with Crippen LogP contribution in [-0.2, 0) is 16.0 Å². The molecule has 0 spiro atoms. The monoisotopic (exact) mass is 411 g/mol. The van der Waals surface area contributed by atoms with E-state index >= 15 is 0 Å². The standard InChI is InChI=1S/C24H30FN3O2/c1-2-7-22(26-23(29)18-19-8-4-3-5-9-19)24(30)28-15-6-14-27(16-17-28)21-12-10-20(25)11-13-21/h3-5,8-13,22H,2,6-7,14-18H2,1H3,(H,26,29). The van der Waals surface area contributed by atoms with E-state index in [-0.39, 0.29) is 24.1 Å². The molecule has 3 rings (SSSR count). The molecule has 1 aliphatic rings. The molecule has 1 unspecified atom stereocenters. The molecule has 1 atom stereocenters. The first kappa shape index (κ1) is 21.8. The number of amides is 2. The van der Waals surface area contributed by atoms with Crippen molar-refractivity contribution in [2.75, 3.05) is 31.1 Å². The maximum atomic E-state index is 13.2. The Morgan fingerprint density at radius 2 is 1.73 bits per heavy atom. The molecule has 0 radical (unpaired) electrons. The van der Waals surface area contributed by atoms with E-state index in [2.05, 4.69) is 10.2 Å². The first-order valence-electron chi connectivity index (χ1n) is 10.7. The van der Waals surface area contributed by atoms with E-state index in [4.69, 9.17) is 0 Å². The maximum absolute atomic E-state index is 13.2. The number of carbonyl (C=O) groups is 2. The quantitative estimate of drug-likeness (QED) is 0.760. The summed E-state index contributed by atoms with van der Waals surface area (Å²) in [6.07, 6.45) is 2.54. The second kappa shape index (κ2) is 10.8. The fraction of sp³-hybridized carbons (Fsp3) is 0.417. The highest BCUT2D eigenvalue weighted by molar-refractivity contribution is 5.88. The second-order valence-electron chi connectivity index (χ2n) is 7.71. The van der Waals surface area contributed by atoms with Crippen LogP contribution in [-0.4, -0.2) is 48.9 Å². The van der Waals surface area contributed by atoms with Crippen LogP contribution in [0.15, 0.2) is 54.6 Å². The molecule has 2 aromatic rings. The van der Waals surface area contributed by atoms with Crippen molar-refractivity contribution in [2.24, 2.45) is 0 Å². The minimum atomic E-state index is -0.497. The third-order valence-electron chi connectivity index (χ3n) is 5.42. The molecule has 30 heavy (non-hydrogen) atoms. The van der Waals surface area contributed by atoms with E-state index in [1.165, 1.54) is 12.1 Å². The van der Waals surface area contributed by atoms with Crippen molar-refractivity contribution < 1.29 is 14.0 Å². The predicted octanol–water partition coefficient (Wildman–Crippen LogP) is 3.39. The average molecular weight is 412 g/mol. The van der Waals surface area contributed by atoms with Crippen LogP contribution in [0.25, 0.3) is 0 Å². The van der Waals surface area contributed by atoms with Crippen molar-refractivity contribution in [3.05, 3.63) is 66.0 Å². The molecule has 5 nitrogen and oxygen atoms in total. The fourth-order valence-corrected chi connectivity index (χ4v) is 3.84. The van der Waals surface area contributed by atoms with E-state index in [0.717, 1.165) is 30.6 Å². The van der Waals surface area contributed by atoms with Gasteiger partial charge in [-0.2, -0.15) is 0 Å². The van der Waals surface area contributed by atoms with Gasteiger partial charge in [0.25, 0.3) is 0 Å². The molecule has 6 heteroatoms. The number of hydrogen-bond donors (Lipinski definition) is 1. The predicted molar refractivity (Wildman–Crippen MR) is 117 cm³/mol. The minimum absolute atomic E-state index is 0.0146. The number of nitrogens with zero attached hydrogens (tertiary/aromatic N) is 2. The summed E-state index contributed by atoms with van der Waals surface area (Å²) < 4.78 is 13.2. The van der Waals surface area contributed by atoms with Gasteiger partial charge in [0, 0.05) is 31.9 Å². The Morgan fingerprint density at radius 3 is 2.43 bits per heavy atom. The van der Waals surface area contributed by atoms with Crippen LogP contribution in [0.3, 0.4) is 0 Å². The zero-order valence-corrected chi connectivity index (χ0v) is 17.5. The van der Waals surface area contributed by atoms with Crippen LogP contribution in [0.4, 0.5) is 10.1 Å². The highest BCUT2D eigenvalue weighted by Crippen LogP contribution is 2.18. The minimum Gasteiger partial charge on any atom is -0.370 e. The summed E-state index contributed by atoms with van der Waals surface area (Å²) in [6, 6.07) is 15.5. The van der Waals surface area contributed by atoms with E-state index < -0.39 is 6.04 Å². The first-order valence-corrected chi connectivity index (χ1v) is 10.7. The Morgan fingerprint density at radius 1 is 1.00 bits per heavy atom. The van der Waals surface area contributed by atoms with E-state index in [1.807, 2.05) is 42.2 Å². The van der Waals surface area contributed by atoms with Crippen LogP contribution < -0.4 is 10.2 Å². The van der Waals surface area contributed by atoms with Gasteiger partial charge in [0.05, 0.1) is 6.42 Å². The Kier molecular flexibility index (Phi) is 7.82. The number of nitrogens with one attached hydrogen (secondary N) is 1. The van der Waals surface area contributed by atoms with Crippen LogP contribution in [0.1, 0.15) is 31.7 Å². The summed E-state index contributed by atoms with van der Waals surface area (Å²) in [7, 11) is 0. The number of carbonyl (C=O) groups excluding carboxylic acids is 2. The van der Waals surface area contributed by atoms with Crippen LogP contribution in [0, 0.1) is 5.82 Å². The molecule has 1 N–H and O–H groups in total. The van der Waals surface area contributed by atoms with Crippen molar-refractivity contribution in [3.8, 4) is 0 Å². The molecule has 0 aliphatic carbocycles.